The lowest BCUT2D eigenvalue weighted by atomic mass is 10.0. The van der Waals surface area contributed by atoms with Crippen molar-refractivity contribution in [1.29, 1.82) is 0 Å². The summed E-state index contributed by atoms with van der Waals surface area (Å²) in [4.78, 5) is 26.1. The zero-order valence-electron chi connectivity index (χ0n) is 15.4. The number of rotatable bonds is 4. The van der Waals surface area contributed by atoms with Gasteiger partial charge in [0.2, 0.25) is 0 Å². The summed E-state index contributed by atoms with van der Waals surface area (Å²) in [6, 6.07) is 25.1. The Morgan fingerprint density at radius 3 is 2.28 bits per heavy atom. The van der Waals surface area contributed by atoms with E-state index in [1.165, 1.54) is 11.3 Å². The van der Waals surface area contributed by atoms with Gasteiger partial charge in [-0.3, -0.25) is 4.79 Å². The van der Waals surface area contributed by atoms with Crippen LogP contribution in [0.2, 0.25) is 0 Å². The van der Waals surface area contributed by atoms with Crippen molar-refractivity contribution >= 4 is 38.9 Å². The summed E-state index contributed by atoms with van der Waals surface area (Å²) in [6.45, 7) is 0. The summed E-state index contributed by atoms with van der Waals surface area (Å²) >= 11 is 1.43. The maximum absolute atomic E-state index is 12.9. The molecule has 5 aromatic rings. The predicted octanol–water partition coefficient (Wildman–Crippen LogP) is 6.10. The zero-order chi connectivity index (χ0) is 19.8. The van der Waals surface area contributed by atoms with Crippen LogP contribution in [0.25, 0.3) is 32.9 Å². The number of hydrogen-bond acceptors (Lipinski definition) is 4. The van der Waals surface area contributed by atoms with Crippen LogP contribution in [0.1, 0.15) is 15.2 Å². The minimum Gasteiger partial charge on any atom is -0.422 e. The molecule has 29 heavy (non-hydrogen) atoms. The molecule has 3 nitrogen and oxygen atoms in total. The van der Waals surface area contributed by atoms with Crippen molar-refractivity contribution in [2.45, 2.75) is 6.42 Å². The number of hydrogen-bond donors (Lipinski definition) is 0. The molecular weight excluding hydrogens is 380 g/mol. The molecule has 0 spiro atoms. The van der Waals surface area contributed by atoms with E-state index in [1.54, 1.807) is 6.07 Å². The van der Waals surface area contributed by atoms with Crippen molar-refractivity contribution in [2.24, 2.45) is 0 Å². The third kappa shape index (κ3) is 3.18. The molecule has 0 bridgehead atoms. The number of carbonyl (C=O) groups is 1. The second kappa shape index (κ2) is 7.15. The fourth-order valence-electron chi connectivity index (χ4n) is 3.61. The summed E-state index contributed by atoms with van der Waals surface area (Å²) in [5.41, 5.74) is 2.99. The minimum absolute atomic E-state index is 0.0130. The molecule has 0 amide bonds. The van der Waals surface area contributed by atoms with Crippen molar-refractivity contribution in [3.8, 4) is 11.1 Å². The van der Waals surface area contributed by atoms with Gasteiger partial charge in [0.05, 0.1) is 5.39 Å². The van der Waals surface area contributed by atoms with Crippen LogP contribution in [0.4, 0.5) is 0 Å². The van der Waals surface area contributed by atoms with Crippen molar-refractivity contribution < 1.29 is 9.21 Å². The molecule has 0 radical (unpaired) electrons. The van der Waals surface area contributed by atoms with Gasteiger partial charge in [0.1, 0.15) is 5.58 Å². The van der Waals surface area contributed by atoms with Gasteiger partial charge in [-0.1, -0.05) is 72.8 Å². The number of ketones is 1. The molecular formula is C25H16O3S. The standard InChI is InChI=1S/C25H16O3S/c26-21(18-12-10-17(11-13-18)16-6-2-1-3-7-16)14-23-24-20(15-29-23)19-8-4-5-9-22(19)28-25(24)27/h1-13,15H,14H2. The summed E-state index contributed by atoms with van der Waals surface area (Å²) in [6.07, 6.45) is 0.182. The lowest BCUT2D eigenvalue weighted by Gasteiger charge is -2.04. The topological polar surface area (TPSA) is 47.3 Å². The van der Waals surface area contributed by atoms with Gasteiger partial charge in [-0.05, 0) is 22.6 Å². The van der Waals surface area contributed by atoms with Gasteiger partial charge >= 0.3 is 5.63 Å². The first-order chi connectivity index (χ1) is 14.2. The fourth-order valence-corrected chi connectivity index (χ4v) is 4.64. The predicted molar refractivity (Wildman–Crippen MR) is 118 cm³/mol. The minimum atomic E-state index is -0.387. The highest BCUT2D eigenvalue weighted by Gasteiger charge is 2.17. The van der Waals surface area contributed by atoms with Crippen molar-refractivity contribution in [3.63, 3.8) is 0 Å². The van der Waals surface area contributed by atoms with Crippen molar-refractivity contribution in [3.05, 3.63) is 105 Å². The van der Waals surface area contributed by atoms with E-state index >= 15 is 0 Å². The van der Waals surface area contributed by atoms with E-state index < -0.39 is 0 Å². The third-order valence-electron chi connectivity index (χ3n) is 5.09. The van der Waals surface area contributed by atoms with E-state index in [-0.39, 0.29) is 17.8 Å². The molecule has 0 fully saturated rings. The van der Waals surface area contributed by atoms with Gasteiger partial charge < -0.3 is 4.42 Å². The Morgan fingerprint density at radius 2 is 1.48 bits per heavy atom. The second-order valence-corrected chi connectivity index (χ2v) is 7.84. The molecule has 4 heteroatoms. The van der Waals surface area contributed by atoms with Gasteiger partial charge in [-0.15, -0.1) is 11.3 Å². The zero-order valence-corrected chi connectivity index (χ0v) is 16.2. The van der Waals surface area contributed by atoms with Crippen LogP contribution in [0, 0.1) is 0 Å². The average molecular weight is 396 g/mol. The Kier molecular flexibility index (Phi) is 4.34. The van der Waals surface area contributed by atoms with Gasteiger partial charge in [-0.2, -0.15) is 0 Å². The van der Waals surface area contributed by atoms with Gasteiger partial charge in [0, 0.05) is 27.6 Å². The van der Waals surface area contributed by atoms with E-state index in [9.17, 15) is 9.59 Å². The molecule has 2 aromatic heterocycles. The molecule has 2 heterocycles. The first-order valence-electron chi connectivity index (χ1n) is 9.31. The third-order valence-corrected chi connectivity index (χ3v) is 6.07. The van der Waals surface area contributed by atoms with Crippen LogP contribution in [-0.2, 0) is 6.42 Å². The van der Waals surface area contributed by atoms with Crippen LogP contribution < -0.4 is 5.63 Å². The fraction of sp³-hybridized carbons (Fsp3) is 0.0400. The quantitative estimate of drug-likeness (QED) is 0.272. The highest BCUT2D eigenvalue weighted by Crippen LogP contribution is 2.30. The number of para-hydroxylation sites is 1. The van der Waals surface area contributed by atoms with E-state index in [0.717, 1.165) is 26.8 Å². The summed E-state index contributed by atoms with van der Waals surface area (Å²) in [5.74, 6) is -0.0130. The molecule has 0 saturated carbocycles. The van der Waals surface area contributed by atoms with Crippen LogP contribution >= 0.6 is 11.3 Å². The Labute approximate surface area is 170 Å². The monoisotopic (exact) mass is 396 g/mol. The molecule has 5 rings (SSSR count). The van der Waals surface area contributed by atoms with Gasteiger partial charge in [-0.25, -0.2) is 4.79 Å². The van der Waals surface area contributed by atoms with Crippen LogP contribution in [0.15, 0.2) is 93.5 Å². The Bertz CT molecular complexity index is 1390. The maximum Gasteiger partial charge on any atom is 0.345 e. The molecule has 0 unspecified atom stereocenters. The molecule has 3 aromatic carbocycles. The molecule has 0 aliphatic heterocycles. The summed E-state index contributed by atoms with van der Waals surface area (Å²) < 4.78 is 5.47. The second-order valence-electron chi connectivity index (χ2n) is 6.88. The molecule has 0 aliphatic rings. The summed E-state index contributed by atoms with van der Waals surface area (Å²) in [5, 5.41) is 4.20. The maximum atomic E-state index is 12.9. The van der Waals surface area contributed by atoms with Crippen LogP contribution in [-0.4, -0.2) is 5.78 Å². The average Bonchev–Trinajstić information content (AvgIpc) is 3.19. The Balaban J connectivity index is 1.47. The smallest absolute Gasteiger partial charge is 0.345 e. The highest BCUT2D eigenvalue weighted by molar-refractivity contribution is 7.11. The van der Waals surface area contributed by atoms with E-state index in [2.05, 4.69) is 0 Å². The molecule has 0 aliphatic carbocycles. The van der Waals surface area contributed by atoms with Crippen LogP contribution in [0.5, 0.6) is 0 Å². The Morgan fingerprint density at radius 1 is 0.793 bits per heavy atom. The number of Topliss-reactive ketones (excluding diaryl/α,β-unsaturated/α-hetero) is 1. The first kappa shape index (κ1) is 17.6. The van der Waals surface area contributed by atoms with Gasteiger partial charge in [0.15, 0.2) is 5.78 Å². The lowest BCUT2D eigenvalue weighted by Crippen LogP contribution is -2.06. The number of carbonyl (C=O) groups excluding carboxylic acids is 1. The molecule has 0 N–H and O–H groups in total. The lowest BCUT2D eigenvalue weighted by molar-refractivity contribution is 0.0994. The number of fused-ring (bicyclic) bond motifs is 3. The molecule has 140 valence electrons. The Hall–Kier alpha value is -3.50. The highest BCUT2D eigenvalue weighted by atomic mass is 32.1. The SMILES string of the molecule is O=C(Cc1scc2c1c(=O)oc1ccccc12)c1ccc(-c2ccccc2)cc1. The van der Waals surface area contributed by atoms with Crippen molar-refractivity contribution in [2.75, 3.05) is 0 Å². The normalized spacial score (nSPS) is 11.2. The molecule has 0 saturated heterocycles. The number of benzene rings is 3. The first-order valence-corrected chi connectivity index (χ1v) is 10.2. The van der Waals surface area contributed by atoms with Crippen molar-refractivity contribution in [1.82, 2.24) is 0 Å². The van der Waals surface area contributed by atoms with Crippen LogP contribution in [0.3, 0.4) is 0 Å². The van der Waals surface area contributed by atoms with E-state index in [0.29, 0.717) is 16.5 Å². The summed E-state index contributed by atoms with van der Waals surface area (Å²) in [7, 11) is 0. The number of thiophene rings is 1. The molecule has 0 atom stereocenters. The largest absolute Gasteiger partial charge is 0.422 e. The van der Waals surface area contributed by atoms with Gasteiger partial charge in [0.25, 0.3) is 0 Å². The van der Waals surface area contributed by atoms with E-state index in [1.807, 2.05) is 78.2 Å². The van der Waals surface area contributed by atoms with E-state index in [4.69, 9.17) is 4.42 Å².